The molecular formula is C18H21BrN2O. The number of hydrogen-bond donors (Lipinski definition) is 1. The number of allylic oxidation sites excluding steroid dienone is 1. The maximum Gasteiger partial charge on any atom is 0.253 e. The molecule has 1 saturated carbocycles. The number of aryl methyl sites for hydroxylation is 2. The minimum absolute atomic E-state index is 0.0122. The summed E-state index contributed by atoms with van der Waals surface area (Å²) in [6.45, 7) is 6.10. The van der Waals surface area contributed by atoms with Crippen molar-refractivity contribution in [1.29, 1.82) is 0 Å². The highest BCUT2D eigenvalue weighted by Gasteiger charge is 2.27. The van der Waals surface area contributed by atoms with Crippen LogP contribution in [0.15, 0.2) is 36.5 Å². The first kappa shape index (κ1) is 15.3. The Bertz CT molecular complexity index is 747. The first-order valence-corrected chi connectivity index (χ1v) is 8.54. The summed E-state index contributed by atoms with van der Waals surface area (Å²) in [6, 6.07) is 6.39. The van der Waals surface area contributed by atoms with Crippen molar-refractivity contribution in [3.63, 3.8) is 0 Å². The molecule has 2 atom stereocenters. The summed E-state index contributed by atoms with van der Waals surface area (Å²) >= 11 is 3.68. The number of nitrogens with one attached hydrogen (secondary N) is 1. The Morgan fingerprint density at radius 1 is 1.45 bits per heavy atom. The molecule has 116 valence electrons. The second-order valence-electron chi connectivity index (χ2n) is 6.26. The highest BCUT2D eigenvalue weighted by atomic mass is 79.9. The number of carbonyl (C=O) groups excluding carboxylic acids is 1. The summed E-state index contributed by atoms with van der Waals surface area (Å²) in [5.41, 5.74) is 4.27. The third-order valence-electron chi connectivity index (χ3n) is 4.44. The number of benzene rings is 1. The lowest BCUT2D eigenvalue weighted by molar-refractivity contribution is 0.0934. The summed E-state index contributed by atoms with van der Waals surface area (Å²) in [5.74, 6) is 0.0122. The van der Waals surface area contributed by atoms with E-state index in [9.17, 15) is 4.79 Å². The van der Waals surface area contributed by atoms with Gasteiger partial charge in [0.05, 0.1) is 5.56 Å². The third-order valence-corrected chi connectivity index (χ3v) is 5.40. The molecule has 1 N–H and O–H groups in total. The lowest BCUT2D eigenvalue weighted by atomic mass is 9.91. The molecule has 2 aromatic rings. The van der Waals surface area contributed by atoms with Crippen LogP contribution in [-0.4, -0.2) is 21.3 Å². The number of halogens is 1. The fourth-order valence-electron chi connectivity index (χ4n) is 3.16. The zero-order chi connectivity index (χ0) is 15.9. The average Bonchev–Trinajstić information content (AvgIpc) is 2.78. The monoisotopic (exact) mass is 360 g/mol. The van der Waals surface area contributed by atoms with E-state index >= 15 is 0 Å². The van der Waals surface area contributed by atoms with Crippen LogP contribution in [0.2, 0.25) is 0 Å². The Balaban J connectivity index is 1.86. The summed E-state index contributed by atoms with van der Waals surface area (Å²) in [6.07, 6.45) is 4.79. The van der Waals surface area contributed by atoms with Crippen LogP contribution < -0.4 is 5.32 Å². The van der Waals surface area contributed by atoms with Crippen LogP contribution in [0.1, 0.15) is 35.2 Å². The van der Waals surface area contributed by atoms with Gasteiger partial charge >= 0.3 is 0 Å². The van der Waals surface area contributed by atoms with E-state index in [0.717, 1.165) is 35.7 Å². The Hall–Kier alpha value is -1.55. The lowest BCUT2D eigenvalue weighted by Crippen LogP contribution is -2.42. The van der Waals surface area contributed by atoms with Gasteiger partial charge < -0.3 is 9.88 Å². The van der Waals surface area contributed by atoms with E-state index in [1.807, 2.05) is 17.8 Å². The molecule has 22 heavy (non-hydrogen) atoms. The standard InChI is InChI=1S/C18H21BrN2O/c1-11-5-7-17-13(8-11)14(10-21(17)3)18(22)20-16-6-4-12(2)9-15(16)19/h5,7-8,10,15-16H,2,4,6,9H2,1,3H3,(H,20,22). The van der Waals surface area contributed by atoms with Gasteiger partial charge in [-0.3, -0.25) is 4.79 Å². The van der Waals surface area contributed by atoms with Crippen molar-refractivity contribution in [2.75, 3.05) is 0 Å². The van der Waals surface area contributed by atoms with Gasteiger partial charge in [-0.05, 0) is 38.3 Å². The molecule has 1 aliphatic carbocycles. The van der Waals surface area contributed by atoms with Crippen molar-refractivity contribution in [1.82, 2.24) is 9.88 Å². The smallest absolute Gasteiger partial charge is 0.253 e. The number of alkyl halides is 1. The van der Waals surface area contributed by atoms with Gasteiger partial charge in [-0.25, -0.2) is 0 Å². The molecule has 1 fully saturated rings. The van der Waals surface area contributed by atoms with E-state index < -0.39 is 0 Å². The van der Waals surface area contributed by atoms with Crippen molar-refractivity contribution < 1.29 is 4.79 Å². The Labute approximate surface area is 139 Å². The van der Waals surface area contributed by atoms with E-state index in [1.165, 1.54) is 11.1 Å². The largest absolute Gasteiger partial charge is 0.350 e. The molecule has 2 unspecified atom stereocenters. The van der Waals surface area contributed by atoms with Gasteiger partial charge in [0.2, 0.25) is 0 Å². The predicted octanol–water partition coefficient (Wildman–Crippen LogP) is 4.09. The molecule has 0 spiro atoms. The van der Waals surface area contributed by atoms with E-state index in [2.05, 4.69) is 52.9 Å². The number of nitrogens with zero attached hydrogens (tertiary/aromatic N) is 1. The van der Waals surface area contributed by atoms with Crippen LogP contribution >= 0.6 is 15.9 Å². The lowest BCUT2D eigenvalue weighted by Gasteiger charge is -2.29. The fraction of sp³-hybridized carbons (Fsp3) is 0.389. The van der Waals surface area contributed by atoms with Gasteiger partial charge in [0.25, 0.3) is 5.91 Å². The SMILES string of the molecule is C=C1CCC(NC(=O)c2cn(C)c3ccc(C)cc23)C(Br)C1. The molecule has 0 aliphatic heterocycles. The Morgan fingerprint density at radius 3 is 2.95 bits per heavy atom. The fourth-order valence-corrected chi connectivity index (χ4v) is 4.01. The molecule has 3 nitrogen and oxygen atoms in total. The van der Waals surface area contributed by atoms with Crippen molar-refractivity contribution >= 4 is 32.7 Å². The highest BCUT2D eigenvalue weighted by molar-refractivity contribution is 9.09. The molecule has 1 aliphatic rings. The predicted molar refractivity (Wildman–Crippen MR) is 94.6 cm³/mol. The van der Waals surface area contributed by atoms with Crippen LogP contribution in [0.5, 0.6) is 0 Å². The maximum atomic E-state index is 12.7. The zero-order valence-corrected chi connectivity index (χ0v) is 14.6. The molecule has 0 saturated heterocycles. The summed E-state index contributed by atoms with van der Waals surface area (Å²) in [4.78, 5) is 13.0. The Morgan fingerprint density at radius 2 is 2.23 bits per heavy atom. The Kier molecular flexibility index (Phi) is 4.13. The molecule has 0 bridgehead atoms. The summed E-state index contributed by atoms with van der Waals surface area (Å²) in [7, 11) is 1.98. The van der Waals surface area contributed by atoms with Crippen molar-refractivity contribution in [3.05, 3.63) is 47.7 Å². The molecule has 3 rings (SSSR count). The van der Waals surface area contributed by atoms with Crippen molar-refractivity contribution in [2.45, 2.75) is 37.1 Å². The van der Waals surface area contributed by atoms with E-state index in [4.69, 9.17) is 0 Å². The number of fused-ring (bicyclic) bond motifs is 1. The van der Waals surface area contributed by atoms with Gasteiger partial charge in [0, 0.05) is 35.0 Å². The van der Waals surface area contributed by atoms with Crippen molar-refractivity contribution in [2.24, 2.45) is 7.05 Å². The van der Waals surface area contributed by atoms with Gasteiger partial charge in [-0.15, -0.1) is 0 Å². The van der Waals surface area contributed by atoms with Gasteiger partial charge in [-0.1, -0.05) is 39.7 Å². The second-order valence-corrected chi connectivity index (χ2v) is 7.44. The third kappa shape index (κ3) is 2.84. The highest BCUT2D eigenvalue weighted by Crippen LogP contribution is 2.29. The van der Waals surface area contributed by atoms with Crippen LogP contribution in [-0.2, 0) is 7.05 Å². The van der Waals surface area contributed by atoms with Gasteiger partial charge in [0.15, 0.2) is 0 Å². The molecule has 1 heterocycles. The van der Waals surface area contributed by atoms with E-state index in [0.29, 0.717) is 0 Å². The van der Waals surface area contributed by atoms with Crippen LogP contribution in [0.25, 0.3) is 10.9 Å². The number of amides is 1. The van der Waals surface area contributed by atoms with Gasteiger partial charge in [0.1, 0.15) is 0 Å². The molecule has 0 radical (unpaired) electrons. The van der Waals surface area contributed by atoms with E-state index in [1.54, 1.807) is 0 Å². The van der Waals surface area contributed by atoms with Crippen LogP contribution in [0, 0.1) is 6.92 Å². The maximum absolute atomic E-state index is 12.7. The first-order valence-electron chi connectivity index (χ1n) is 7.63. The zero-order valence-electron chi connectivity index (χ0n) is 13.0. The molecule has 1 aromatic heterocycles. The number of rotatable bonds is 2. The first-order chi connectivity index (χ1) is 10.5. The molecule has 1 amide bonds. The molecule has 4 heteroatoms. The topological polar surface area (TPSA) is 34.0 Å². The number of aromatic nitrogens is 1. The van der Waals surface area contributed by atoms with E-state index in [-0.39, 0.29) is 16.8 Å². The van der Waals surface area contributed by atoms with Crippen molar-refractivity contribution in [3.8, 4) is 0 Å². The quantitative estimate of drug-likeness (QED) is 0.635. The number of carbonyl (C=O) groups is 1. The minimum atomic E-state index is 0.0122. The summed E-state index contributed by atoms with van der Waals surface area (Å²) < 4.78 is 2.01. The van der Waals surface area contributed by atoms with Gasteiger partial charge in [-0.2, -0.15) is 0 Å². The van der Waals surface area contributed by atoms with Crippen LogP contribution in [0.3, 0.4) is 0 Å². The average molecular weight is 361 g/mol. The molecular weight excluding hydrogens is 340 g/mol. The van der Waals surface area contributed by atoms with Crippen LogP contribution in [0.4, 0.5) is 0 Å². The summed E-state index contributed by atoms with van der Waals surface area (Å²) in [5, 5.41) is 4.21. The normalized spacial score (nSPS) is 22.0. The minimum Gasteiger partial charge on any atom is -0.350 e. The number of hydrogen-bond acceptors (Lipinski definition) is 1. The second kappa shape index (κ2) is 5.92. The molecule has 1 aromatic carbocycles.